The van der Waals surface area contributed by atoms with Crippen molar-refractivity contribution in [1.82, 2.24) is 20.1 Å². The number of halogens is 1. The van der Waals surface area contributed by atoms with Gasteiger partial charge in [-0.2, -0.15) is 0 Å². The summed E-state index contributed by atoms with van der Waals surface area (Å²) in [7, 11) is 0. The lowest BCUT2D eigenvalue weighted by molar-refractivity contribution is -0.123. The molecule has 10 heteroatoms. The minimum atomic E-state index is -0.366. The fourth-order valence-corrected chi connectivity index (χ4v) is 3.95. The number of amides is 2. The summed E-state index contributed by atoms with van der Waals surface area (Å²) in [6.45, 7) is 6.47. The van der Waals surface area contributed by atoms with E-state index in [9.17, 15) is 14.0 Å². The number of para-hydroxylation sites is 1. The number of nitrogens with zero attached hydrogens (tertiary/aromatic N) is 3. The number of rotatable bonds is 10. The summed E-state index contributed by atoms with van der Waals surface area (Å²) in [4.78, 5) is 24.4. The molecule has 1 aromatic heterocycles. The molecule has 174 valence electrons. The average molecular weight is 472 g/mol. The summed E-state index contributed by atoms with van der Waals surface area (Å²) < 4.78 is 20.5. The van der Waals surface area contributed by atoms with Crippen LogP contribution in [-0.4, -0.2) is 38.9 Å². The van der Waals surface area contributed by atoms with Crippen LogP contribution in [0.15, 0.2) is 47.6 Å². The van der Waals surface area contributed by atoms with Gasteiger partial charge in [-0.15, -0.1) is 10.2 Å². The van der Waals surface area contributed by atoms with E-state index in [4.69, 9.17) is 4.74 Å². The number of thioether (sulfide) groups is 1. The van der Waals surface area contributed by atoms with Gasteiger partial charge in [-0.1, -0.05) is 30.0 Å². The van der Waals surface area contributed by atoms with Crippen LogP contribution in [0.2, 0.25) is 0 Å². The lowest BCUT2D eigenvalue weighted by Gasteiger charge is -2.12. The number of ether oxygens (including phenoxy) is 1. The van der Waals surface area contributed by atoms with Gasteiger partial charge < -0.3 is 19.9 Å². The van der Waals surface area contributed by atoms with Crippen LogP contribution in [0.4, 0.5) is 10.1 Å². The maximum atomic E-state index is 13.0. The van der Waals surface area contributed by atoms with Gasteiger partial charge in [-0.05, 0) is 56.2 Å². The highest BCUT2D eigenvalue weighted by Gasteiger charge is 2.15. The molecule has 2 N–H and O–H groups in total. The normalized spacial score (nSPS) is 10.7. The number of aromatic nitrogens is 3. The second-order valence-corrected chi connectivity index (χ2v) is 8.22. The van der Waals surface area contributed by atoms with E-state index in [2.05, 4.69) is 20.8 Å². The highest BCUT2D eigenvalue weighted by molar-refractivity contribution is 7.99. The van der Waals surface area contributed by atoms with Crippen molar-refractivity contribution in [2.75, 3.05) is 17.7 Å². The monoisotopic (exact) mass is 471 g/mol. The fourth-order valence-electron chi connectivity index (χ4n) is 3.13. The van der Waals surface area contributed by atoms with Gasteiger partial charge in [-0.25, -0.2) is 4.39 Å². The molecule has 33 heavy (non-hydrogen) atoms. The van der Waals surface area contributed by atoms with Crippen molar-refractivity contribution in [1.29, 1.82) is 0 Å². The summed E-state index contributed by atoms with van der Waals surface area (Å²) >= 11 is 1.23. The first-order valence-electron chi connectivity index (χ1n) is 10.4. The maximum absolute atomic E-state index is 13.0. The summed E-state index contributed by atoms with van der Waals surface area (Å²) in [6.07, 6.45) is 0. The number of hydrogen-bond donors (Lipinski definition) is 2. The Balaban J connectivity index is 1.49. The molecule has 0 saturated heterocycles. The van der Waals surface area contributed by atoms with Crippen molar-refractivity contribution < 1.29 is 18.7 Å². The van der Waals surface area contributed by atoms with Gasteiger partial charge >= 0.3 is 0 Å². The van der Waals surface area contributed by atoms with Crippen molar-refractivity contribution in [2.45, 2.75) is 39.0 Å². The van der Waals surface area contributed by atoms with Crippen LogP contribution in [-0.2, 0) is 22.7 Å². The van der Waals surface area contributed by atoms with Gasteiger partial charge in [0.05, 0.1) is 12.3 Å². The minimum absolute atomic E-state index is 0.100. The molecule has 8 nitrogen and oxygen atoms in total. The molecule has 0 radical (unpaired) electrons. The number of nitrogens with one attached hydrogen (secondary N) is 2. The minimum Gasteiger partial charge on any atom is -0.483 e. The molecule has 3 aromatic rings. The first-order chi connectivity index (χ1) is 15.9. The summed E-state index contributed by atoms with van der Waals surface area (Å²) in [5.74, 6) is 0.536. The van der Waals surface area contributed by atoms with Gasteiger partial charge in [0.1, 0.15) is 11.6 Å². The van der Waals surface area contributed by atoms with Crippen LogP contribution >= 0.6 is 11.8 Å². The molecular weight excluding hydrogens is 445 g/mol. The molecule has 0 unspecified atom stereocenters. The summed E-state index contributed by atoms with van der Waals surface area (Å²) in [5, 5.41) is 14.3. The van der Waals surface area contributed by atoms with E-state index >= 15 is 0 Å². The lowest BCUT2D eigenvalue weighted by atomic mass is 10.1. The number of anilines is 1. The Morgan fingerprint density at radius 2 is 1.76 bits per heavy atom. The third-order valence-corrected chi connectivity index (χ3v) is 5.74. The van der Waals surface area contributed by atoms with Crippen molar-refractivity contribution >= 4 is 29.3 Å². The largest absolute Gasteiger partial charge is 0.483 e. The topological polar surface area (TPSA) is 98.1 Å². The van der Waals surface area contributed by atoms with E-state index in [1.807, 2.05) is 43.5 Å². The molecule has 0 spiro atoms. The second-order valence-electron chi connectivity index (χ2n) is 7.27. The molecule has 0 atom stereocenters. The van der Waals surface area contributed by atoms with E-state index in [1.54, 1.807) is 0 Å². The first-order valence-corrected chi connectivity index (χ1v) is 11.4. The third kappa shape index (κ3) is 6.79. The Labute approximate surface area is 195 Å². The smallest absolute Gasteiger partial charge is 0.258 e. The van der Waals surface area contributed by atoms with E-state index in [1.165, 1.54) is 36.0 Å². The Hall–Kier alpha value is -3.40. The Morgan fingerprint density at radius 3 is 2.42 bits per heavy atom. The van der Waals surface area contributed by atoms with Crippen LogP contribution in [0, 0.1) is 19.7 Å². The number of benzene rings is 2. The number of aryl methyl sites for hydroxylation is 2. The molecule has 0 aliphatic rings. The van der Waals surface area contributed by atoms with Gasteiger partial charge in [-0.3, -0.25) is 9.59 Å². The van der Waals surface area contributed by atoms with E-state index in [-0.39, 0.29) is 36.5 Å². The Kier molecular flexibility index (Phi) is 8.42. The molecule has 0 bridgehead atoms. The highest BCUT2D eigenvalue weighted by atomic mass is 32.2. The highest BCUT2D eigenvalue weighted by Crippen LogP contribution is 2.22. The average Bonchev–Trinajstić information content (AvgIpc) is 3.19. The molecule has 0 fully saturated rings. The van der Waals surface area contributed by atoms with E-state index < -0.39 is 0 Å². The SMILES string of the molecule is CCn1c(CNC(=O)COc2c(C)cccc2C)nnc1SCC(=O)Nc1ccc(F)cc1. The van der Waals surface area contributed by atoms with E-state index in [0.29, 0.717) is 29.0 Å². The van der Waals surface area contributed by atoms with Crippen molar-refractivity contribution in [3.63, 3.8) is 0 Å². The first kappa shape index (κ1) is 24.2. The third-order valence-electron chi connectivity index (χ3n) is 4.77. The number of carbonyl (C=O) groups is 2. The molecular formula is C23H26FN5O3S. The Morgan fingerprint density at radius 1 is 1.06 bits per heavy atom. The lowest BCUT2D eigenvalue weighted by Crippen LogP contribution is -2.29. The number of carbonyl (C=O) groups excluding carboxylic acids is 2. The summed E-state index contributed by atoms with van der Waals surface area (Å²) in [5.41, 5.74) is 2.46. The molecule has 3 rings (SSSR count). The Bertz CT molecular complexity index is 1100. The second kappa shape index (κ2) is 11.5. The van der Waals surface area contributed by atoms with Crippen molar-refractivity contribution in [3.8, 4) is 5.75 Å². The van der Waals surface area contributed by atoms with Gasteiger partial charge in [0, 0.05) is 12.2 Å². The molecule has 0 saturated carbocycles. The van der Waals surface area contributed by atoms with Crippen LogP contribution in [0.1, 0.15) is 23.9 Å². The van der Waals surface area contributed by atoms with Gasteiger partial charge in [0.25, 0.3) is 5.91 Å². The fraction of sp³-hybridized carbons (Fsp3) is 0.304. The van der Waals surface area contributed by atoms with Gasteiger partial charge in [0.2, 0.25) is 5.91 Å². The van der Waals surface area contributed by atoms with Crippen molar-refractivity contribution in [3.05, 3.63) is 65.2 Å². The predicted octanol–water partition coefficient (Wildman–Crippen LogP) is 3.48. The quantitative estimate of drug-likeness (QED) is 0.440. The molecule has 1 heterocycles. The molecule has 0 aliphatic carbocycles. The van der Waals surface area contributed by atoms with Crippen LogP contribution in [0.5, 0.6) is 5.75 Å². The van der Waals surface area contributed by atoms with Crippen LogP contribution in [0.3, 0.4) is 0 Å². The number of hydrogen-bond acceptors (Lipinski definition) is 6. The van der Waals surface area contributed by atoms with Gasteiger partial charge in [0.15, 0.2) is 17.6 Å². The zero-order valence-corrected chi connectivity index (χ0v) is 19.5. The molecule has 2 aromatic carbocycles. The zero-order valence-electron chi connectivity index (χ0n) is 18.7. The molecule has 0 aliphatic heterocycles. The van der Waals surface area contributed by atoms with Crippen LogP contribution in [0.25, 0.3) is 0 Å². The van der Waals surface area contributed by atoms with Crippen LogP contribution < -0.4 is 15.4 Å². The van der Waals surface area contributed by atoms with E-state index in [0.717, 1.165) is 11.1 Å². The van der Waals surface area contributed by atoms with Crippen molar-refractivity contribution in [2.24, 2.45) is 0 Å². The molecule has 2 amide bonds. The summed E-state index contributed by atoms with van der Waals surface area (Å²) in [6, 6.07) is 11.4. The standard InChI is InChI=1S/C23H26FN5O3S/c1-4-29-19(12-25-20(30)13-32-22-15(2)6-5-7-16(22)3)27-28-23(29)33-14-21(31)26-18-10-8-17(24)9-11-18/h5-11H,4,12-14H2,1-3H3,(H,25,30)(H,26,31). The zero-order chi connectivity index (χ0) is 23.8. The predicted molar refractivity (Wildman–Crippen MR) is 125 cm³/mol. The maximum Gasteiger partial charge on any atom is 0.258 e.